The summed E-state index contributed by atoms with van der Waals surface area (Å²) < 4.78 is 5.43. The molecule has 0 aliphatic carbocycles. The minimum Gasteiger partial charge on any atom is -0.444 e. The fourth-order valence-electron chi connectivity index (χ4n) is 2.55. The molecule has 0 radical (unpaired) electrons. The van der Waals surface area contributed by atoms with Crippen LogP contribution in [0.5, 0.6) is 0 Å². The van der Waals surface area contributed by atoms with Gasteiger partial charge >= 0.3 is 6.09 Å². The molecule has 0 N–H and O–H groups in total. The van der Waals surface area contributed by atoms with Gasteiger partial charge in [-0.05, 0) is 34.1 Å². The SMILES string of the molecule is CC(C)(C)OC(=O)N1CCC(C)(N2CC(Br)C2)C1. The van der Waals surface area contributed by atoms with E-state index in [0.717, 1.165) is 32.6 Å². The Kier molecular flexibility index (Phi) is 3.67. The van der Waals surface area contributed by atoms with E-state index < -0.39 is 5.60 Å². The van der Waals surface area contributed by atoms with Gasteiger partial charge in [0.15, 0.2) is 0 Å². The molecule has 2 fully saturated rings. The molecule has 0 bridgehead atoms. The van der Waals surface area contributed by atoms with Crippen molar-refractivity contribution in [3.05, 3.63) is 0 Å². The van der Waals surface area contributed by atoms with E-state index >= 15 is 0 Å². The predicted octanol–water partition coefficient (Wildman–Crippen LogP) is 2.47. The number of carbonyl (C=O) groups excluding carboxylic acids is 1. The quantitative estimate of drug-likeness (QED) is 0.696. The Morgan fingerprint density at radius 3 is 2.50 bits per heavy atom. The first-order chi connectivity index (χ1) is 8.20. The second kappa shape index (κ2) is 4.67. The van der Waals surface area contributed by atoms with Gasteiger partial charge in [0.25, 0.3) is 0 Å². The van der Waals surface area contributed by atoms with Crippen LogP contribution in [-0.2, 0) is 4.74 Å². The van der Waals surface area contributed by atoms with E-state index in [0.29, 0.717) is 4.83 Å². The number of halogens is 1. The van der Waals surface area contributed by atoms with Gasteiger partial charge in [0.2, 0.25) is 0 Å². The molecule has 2 rings (SSSR count). The molecule has 0 aromatic carbocycles. The van der Waals surface area contributed by atoms with Crippen LogP contribution in [0.4, 0.5) is 4.79 Å². The van der Waals surface area contributed by atoms with E-state index in [9.17, 15) is 4.79 Å². The van der Waals surface area contributed by atoms with Crippen molar-refractivity contribution in [2.75, 3.05) is 26.2 Å². The van der Waals surface area contributed by atoms with Crippen molar-refractivity contribution >= 4 is 22.0 Å². The third-order valence-electron chi connectivity index (χ3n) is 3.70. The predicted molar refractivity (Wildman–Crippen MR) is 75.1 cm³/mol. The number of rotatable bonds is 1. The van der Waals surface area contributed by atoms with Gasteiger partial charge in [0.05, 0.1) is 0 Å². The zero-order chi connectivity index (χ0) is 13.6. The van der Waals surface area contributed by atoms with Crippen molar-refractivity contribution in [3.8, 4) is 0 Å². The number of hydrogen-bond acceptors (Lipinski definition) is 3. The van der Waals surface area contributed by atoms with Crippen molar-refractivity contribution in [2.45, 2.75) is 50.1 Å². The summed E-state index contributed by atoms with van der Waals surface area (Å²) in [5.74, 6) is 0. The maximum absolute atomic E-state index is 12.0. The lowest BCUT2D eigenvalue weighted by atomic mass is 9.95. The number of hydrogen-bond donors (Lipinski definition) is 0. The monoisotopic (exact) mass is 318 g/mol. The van der Waals surface area contributed by atoms with Gasteiger partial charge in [-0.2, -0.15) is 0 Å². The molecule has 1 atom stereocenters. The molecule has 2 aliphatic rings. The Morgan fingerprint density at radius 1 is 1.39 bits per heavy atom. The van der Waals surface area contributed by atoms with Crippen molar-refractivity contribution in [2.24, 2.45) is 0 Å². The van der Waals surface area contributed by atoms with Crippen molar-refractivity contribution in [3.63, 3.8) is 0 Å². The lowest BCUT2D eigenvalue weighted by molar-refractivity contribution is 0.0196. The highest BCUT2D eigenvalue weighted by Crippen LogP contribution is 2.34. The summed E-state index contributed by atoms with van der Waals surface area (Å²) in [5.41, 5.74) is -0.283. The summed E-state index contributed by atoms with van der Waals surface area (Å²) in [6.07, 6.45) is 0.855. The van der Waals surface area contributed by atoms with Crippen LogP contribution in [0.15, 0.2) is 0 Å². The Morgan fingerprint density at radius 2 is 2.00 bits per heavy atom. The number of nitrogens with zero attached hydrogens (tertiary/aromatic N) is 2. The summed E-state index contributed by atoms with van der Waals surface area (Å²) in [6, 6.07) is 0. The van der Waals surface area contributed by atoms with Crippen LogP contribution >= 0.6 is 15.9 Å². The maximum Gasteiger partial charge on any atom is 0.410 e. The van der Waals surface area contributed by atoms with Crippen molar-refractivity contribution in [1.29, 1.82) is 0 Å². The van der Waals surface area contributed by atoms with Crippen LogP contribution in [0.3, 0.4) is 0 Å². The molecular weight excluding hydrogens is 296 g/mol. The molecule has 2 saturated heterocycles. The van der Waals surface area contributed by atoms with E-state index in [-0.39, 0.29) is 11.6 Å². The first kappa shape index (κ1) is 14.1. The molecule has 18 heavy (non-hydrogen) atoms. The molecule has 0 aromatic heterocycles. The Labute approximate surface area is 118 Å². The zero-order valence-electron chi connectivity index (χ0n) is 11.7. The molecule has 0 saturated carbocycles. The van der Waals surface area contributed by atoms with E-state index in [2.05, 4.69) is 27.8 Å². The van der Waals surface area contributed by atoms with Gasteiger partial charge in [-0.25, -0.2) is 4.79 Å². The Bertz CT molecular complexity index is 336. The van der Waals surface area contributed by atoms with E-state index in [1.54, 1.807) is 0 Å². The third kappa shape index (κ3) is 2.99. The van der Waals surface area contributed by atoms with E-state index in [1.165, 1.54) is 0 Å². The fourth-order valence-corrected chi connectivity index (χ4v) is 3.25. The molecule has 104 valence electrons. The minimum atomic E-state index is -0.409. The number of amides is 1. The van der Waals surface area contributed by atoms with Crippen LogP contribution in [0, 0.1) is 0 Å². The Hall–Kier alpha value is -0.290. The number of carbonyl (C=O) groups is 1. The van der Waals surface area contributed by atoms with E-state index in [1.807, 2.05) is 25.7 Å². The smallest absolute Gasteiger partial charge is 0.410 e. The second-order valence-corrected chi connectivity index (χ2v) is 7.95. The summed E-state index contributed by atoms with van der Waals surface area (Å²) >= 11 is 3.61. The number of ether oxygens (including phenoxy) is 1. The number of likely N-dealkylation sites (tertiary alicyclic amines) is 2. The highest BCUT2D eigenvalue weighted by atomic mass is 79.9. The first-order valence-electron chi connectivity index (χ1n) is 6.57. The molecule has 2 aliphatic heterocycles. The average Bonchev–Trinajstić information content (AvgIpc) is 2.55. The second-order valence-electron chi connectivity index (χ2n) is 6.65. The molecule has 1 unspecified atom stereocenters. The summed E-state index contributed by atoms with van der Waals surface area (Å²) in [5, 5.41) is 0. The van der Waals surface area contributed by atoms with Crippen LogP contribution in [0.2, 0.25) is 0 Å². The standard InChI is InChI=1S/C13H23BrN2O2/c1-12(2,3)18-11(17)15-6-5-13(4,9-15)16-7-10(14)8-16/h10H,5-9H2,1-4H3. The highest BCUT2D eigenvalue weighted by Gasteiger charge is 2.45. The van der Waals surface area contributed by atoms with Crippen LogP contribution in [0.1, 0.15) is 34.1 Å². The molecule has 1 amide bonds. The molecule has 4 nitrogen and oxygen atoms in total. The lowest BCUT2D eigenvalue weighted by Gasteiger charge is -2.47. The van der Waals surface area contributed by atoms with Gasteiger partial charge in [0, 0.05) is 36.5 Å². The maximum atomic E-state index is 12.0. The normalized spacial score (nSPS) is 30.4. The van der Waals surface area contributed by atoms with Gasteiger partial charge in [0.1, 0.15) is 5.60 Å². The van der Waals surface area contributed by atoms with Gasteiger partial charge in [-0.3, -0.25) is 4.90 Å². The van der Waals surface area contributed by atoms with Gasteiger partial charge in [-0.1, -0.05) is 15.9 Å². The Balaban J connectivity index is 1.90. The van der Waals surface area contributed by atoms with Crippen LogP contribution in [-0.4, -0.2) is 58.0 Å². The minimum absolute atomic E-state index is 0.126. The van der Waals surface area contributed by atoms with Crippen molar-refractivity contribution < 1.29 is 9.53 Å². The molecule has 5 heteroatoms. The zero-order valence-corrected chi connectivity index (χ0v) is 13.3. The largest absolute Gasteiger partial charge is 0.444 e. The van der Waals surface area contributed by atoms with Crippen molar-refractivity contribution in [1.82, 2.24) is 9.80 Å². The highest BCUT2D eigenvalue weighted by molar-refractivity contribution is 9.09. The lowest BCUT2D eigenvalue weighted by Crippen LogP contribution is -2.60. The third-order valence-corrected chi connectivity index (χ3v) is 4.28. The number of alkyl halides is 1. The van der Waals surface area contributed by atoms with Crippen LogP contribution < -0.4 is 0 Å². The fraction of sp³-hybridized carbons (Fsp3) is 0.923. The van der Waals surface area contributed by atoms with Gasteiger partial charge < -0.3 is 9.64 Å². The summed E-state index contributed by atoms with van der Waals surface area (Å²) in [7, 11) is 0. The van der Waals surface area contributed by atoms with Crippen LogP contribution in [0.25, 0.3) is 0 Å². The average molecular weight is 319 g/mol. The summed E-state index contributed by atoms with van der Waals surface area (Å²) in [6.45, 7) is 11.7. The summed E-state index contributed by atoms with van der Waals surface area (Å²) in [4.78, 5) is 16.9. The molecular formula is C13H23BrN2O2. The van der Waals surface area contributed by atoms with Gasteiger partial charge in [-0.15, -0.1) is 0 Å². The molecule has 0 spiro atoms. The topological polar surface area (TPSA) is 32.8 Å². The molecule has 2 heterocycles. The van der Waals surface area contributed by atoms with E-state index in [4.69, 9.17) is 4.74 Å². The molecule has 0 aromatic rings. The first-order valence-corrected chi connectivity index (χ1v) is 7.48.